The topological polar surface area (TPSA) is 66.0 Å². The molecule has 0 spiro atoms. The van der Waals surface area contributed by atoms with E-state index >= 15 is 0 Å². The van der Waals surface area contributed by atoms with Crippen LogP contribution in [0.5, 0.6) is 23.0 Å². The summed E-state index contributed by atoms with van der Waals surface area (Å²) in [5.74, 6) is 2.38. The Morgan fingerprint density at radius 3 is 2.30 bits per heavy atom. The number of hydrogen-bond acceptors (Lipinski definition) is 5. The Labute approximate surface area is 160 Å². The summed E-state index contributed by atoms with van der Waals surface area (Å²) >= 11 is 0. The van der Waals surface area contributed by atoms with Gasteiger partial charge >= 0.3 is 0 Å². The molecule has 6 nitrogen and oxygen atoms in total. The largest absolute Gasteiger partial charge is 0.497 e. The zero-order valence-corrected chi connectivity index (χ0v) is 16.3. The molecule has 2 rings (SSSR count). The summed E-state index contributed by atoms with van der Waals surface area (Å²) in [4.78, 5) is 12.6. The van der Waals surface area contributed by atoms with Crippen LogP contribution in [0.15, 0.2) is 36.4 Å². The molecule has 1 amide bonds. The van der Waals surface area contributed by atoms with Crippen LogP contribution in [0.25, 0.3) is 0 Å². The molecule has 6 heteroatoms. The molecule has 0 aliphatic heterocycles. The number of nitrogens with one attached hydrogen (secondary N) is 1. The molecule has 146 valence electrons. The molecule has 0 saturated heterocycles. The van der Waals surface area contributed by atoms with Gasteiger partial charge in [0.05, 0.1) is 40.0 Å². The molecule has 0 saturated carbocycles. The maximum Gasteiger partial charge on any atom is 0.229 e. The highest BCUT2D eigenvalue weighted by atomic mass is 16.5. The molecule has 0 bridgehead atoms. The first-order valence-corrected chi connectivity index (χ1v) is 8.92. The van der Waals surface area contributed by atoms with Crippen LogP contribution in [0.4, 0.5) is 5.69 Å². The predicted molar refractivity (Wildman–Crippen MR) is 105 cm³/mol. The SMILES string of the molecule is CCCCOc1ccc(OC)cc1NC(=O)Cc1ccc(OC)cc1OC. The third-order valence-electron chi connectivity index (χ3n) is 4.06. The summed E-state index contributed by atoms with van der Waals surface area (Å²) in [7, 11) is 4.74. The number of carbonyl (C=O) groups excluding carboxylic acids is 1. The Bertz CT molecular complexity index is 760. The van der Waals surface area contributed by atoms with E-state index in [1.54, 1.807) is 45.6 Å². The van der Waals surface area contributed by atoms with E-state index in [-0.39, 0.29) is 12.3 Å². The van der Waals surface area contributed by atoms with Crippen LogP contribution in [0, 0.1) is 0 Å². The van der Waals surface area contributed by atoms with Gasteiger partial charge < -0.3 is 24.3 Å². The Kier molecular flexibility index (Phi) is 7.79. The number of amides is 1. The van der Waals surface area contributed by atoms with E-state index < -0.39 is 0 Å². The minimum absolute atomic E-state index is 0.165. The molecule has 0 radical (unpaired) electrons. The first-order chi connectivity index (χ1) is 13.1. The molecule has 0 aromatic heterocycles. The summed E-state index contributed by atoms with van der Waals surface area (Å²) in [5.41, 5.74) is 1.36. The van der Waals surface area contributed by atoms with Gasteiger partial charge in [0.2, 0.25) is 5.91 Å². The van der Waals surface area contributed by atoms with Crippen molar-refractivity contribution in [2.24, 2.45) is 0 Å². The van der Waals surface area contributed by atoms with E-state index in [4.69, 9.17) is 18.9 Å². The second-order valence-electron chi connectivity index (χ2n) is 5.97. The van der Waals surface area contributed by atoms with Gasteiger partial charge in [-0.05, 0) is 24.6 Å². The predicted octanol–water partition coefficient (Wildman–Crippen LogP) is 4.07. The highest BCUT2D eigenvalue weighted by Gasteiger charge is 2.13. The number of anilines is 1. The number of methoxy groups -OCH3 is 3. The van der Waals surface area contributed by atoms with Crippen molar-refractivity contribution in [2.45, 2.75) is 26.2 Å². The van der Waals surface area contributed by atoms with Crippen LogP contribution < -0.4 is 24.3 Å². The maximum atomic E-state index is 12.6. The number of carbonyl (C=O) groups is 1. The number of hydrogen-bond donors (Lipinski definition) is 1. The Morgan fingerprint density at radius 1 is 0.926 bits per heavy atom. The Hall–Kier alpha value is -2.89. The molecule has 0 aliphatic carbocycles. The van der Waals surface area contributed by atoms with E-state index in [1.165, 1.54) is 0 Å². The molecule has 2 aromatic carbocycles. The molecule has 0 fully saturated rings. The lowest BCUT2D eigenvalue weighted by Gasteiger charge is -2.15. The molecular weight excluding hydrogens is 346 g/mol. The highest BCUT2D eigenvalue weighted by molar-refractivity contribution is 5.94. The van der Waals surface area contributed by atoms with Gasteiger partial charge in [0.25, 0.3) is 0 Å². The van der Waals surface area contributed by atoms with Crippen LogP contribution in [-0.2, 0) is 11.2 Å². The molecule has 0 heterocycles. The lowest BCUT2D eigenvalue weighted by atomic mass is 10.1. The van der Waals surface area contributed by atoms with Crippen molar-refractivity contribution < 1.29 is 23.7 Å². The van der Waals surface area contributed by atoms with Crippen molar-refractivity contribution in [1.29, 1.82) is 0 Å². The van der Waals surface area contributed by atoms with Crippen molar-refractivity contribution in [2.75, 3.05) is 33.3 Å². The average molecular weight is 373 g/mol. The van der Waals surface area contributed by atoms with E-state index in [0.717, 1.165) is 18.4 Å². The van der Waals surface area contributed by atoms with Gasteiger partial charge in [-0.3, -0.25) is 4.79 Å². The second kappa shape index (κ2) is 10.3. The lowest BCUT2D eigenvalue weighted by Crippen LogP contribution is -2.16. The second-order valence-corrected chi connectivity index (χ2v) is 5.97. The molecular formula is C21H27NO5. The van der Waals surface area contributed by atoms with E-state index in [9.17, 15) is 4.79 Å². The molecule has 2 aromatic rings. The minimum atomic E-state index is -0.174. The van der Waals surface area contributed by atoms with Gasteiger partial charge in [0.1, 0.15) is 23.0 Å². The maximum absolute atomic E-state index is 12.6. The van der Waals surface area contributed by atoms with Gasteiger partial charge in [-0.2, -0.15) is 0 Å². The molecule has 0 unspecified atom stereocenters. The summed E-state index contributed by atoms with van der Waals surface area (Å²) in [6.07, 6.45) is 2.15. The van der Waals surface area contributed by atoms with Gasteiger partial charge in [0, 0.05) is 17.7 Å². The van der Waals surface area contributed by atoms with Gasteiger partial charge in [-0.15, -0.1) is 0 Å². The molecule has 0 atom stereocenters. The Morgan fingerprint density at radius 2 is 1.63 bits per heavy atom. The fourth-order valence-corrected chi connectivity index (χ4v) is 2.55. The fourth-order valence-electron chi connectivity index (χ4n) is 2.55. The summed E-state index contributed by atoms with van der Waals surface area (Å²) in [6, 6.07) is 10.7. The van der Waals surface area contributed by atoms with Crippen molar-refractivity contribution in [3.8, 4) is 23.0 Å². The van der Waals surface area contributed by atoms with Gasteiger partial charge in [-0.1, -0.05) is 19.4 Å². The minimum Gasteiger partial charge on any atom is -0.497 e. The van der Waals surface area contributed by atoms with Crippen molar-refractivity contribution in [1.82, 2.24) is 0 Å². The normalized spacial score (nSPS) is 10.2. The summed E-state index contributed by atoms with van der Waals surface area (Å²) in [5, 5.41) is 2.91. The highest BCUT2D eigenvalue weighted by Crippen LogP contribution is 2.30. The average Bonchev–Trinajstić information content (AvgIpc) is 2.69. The number of benzene rings is 2. The zero-order valence-electron chi connectivity index (χ0n) is 16.3. The molecule has 1 N–H and O–H groups in total. The van der Waals surface area contributed by atoms with Crippen LogP contribution >= 0.6 is 0 Å². The Balaban J connectivity index is 2.14. The summed E-state index contributed by atoms with van der Waals surface area (Å²) in [6.45, 7) is 2.69. The van der Waals surface area contributed by atoms with Crippen LogP contribution in [0.2, 0.25) is 0 Å². The van der Waals surface area contributed by atoms with E-state index in [0.29, 0.717) is 35.3 Å². The first-order valence-electron chi connectivity index (χ1n) is 8.92. The van der Waals surface area contributed by atoms with Gasteiger partial charge in [0.15, 0.2) is 0 Å². The number of rotatable bonds is 10. The van der Waals surface area contributed by atoms with E-state index in [2.05, 4.69) is 12.2 Å². The lowest BCUT2D eigenvalue weighted by molar-refractivity contribution is -0.115. The van der Waals surface area contributed by atoms with Gasteiger partial charge in [-0.25, -0.2) is 0 Å². The monoisotopic (exact) mass is 373 g/mol. The zero-order chi connectivity index (χ0) is 19.6. The third kappa shape index (κ3) is 5.81. The number of ether oxygens (including phenoxy) is 4. The van der Waals surface area contributed by atoms with Crippen molar-refractivity contribution in [3.05, 3.63) is 42.0 Å². The first kappa shape index (κ1) is 20.4. The van der Waals surface area contributed by atoms with Crippen LogP contribution in [0.1, 0.15) is 25.3 Å². The van der Waals surface area contributed by atoms with Crippen LogP contribution in [0.3, 0.4) is 0 Å². The quantitative estimate of drug-likeness (QED) is 0.636. The van der Waals surface area contributed by atoms with E-state index in [1.807, 2.05) is 12.1 Å². The van der Waals surface area contributed by atoms with Crippen molar-refractivity contribution >= 4 is 11.6 Å². The van der Waals surface area contributed by atoms with Crippen molar-refractivity contribution in [3.63, 3.8) is 0 Å². The molecule has 27 heavy (non-hydrogen) atoms. The smallest absolute Gasteiger partial charge is 0.229 e. The standard InChI is InChI=1S/C21H27NO5/c1-5-6-11-27-19-10-9-16(24-2)13-18(19)22-21(23)12-15-7-8-17(25-3)14-20(15)26-4/h7-10,13-14H,5-6,11-12H2,1-4H3,(H,22,23). The molecule has 0 aliphatic rings. The summed E-state index contributed by atoms with van der Waals surface area (Å²) < 4.78 is 21.6. The van der Waals surface area contributed by atoms with Crippen LogP contribution in [-0.4, -0.2) is 33.8 Å². The number of unbranched alkanes of at least 4 members (excludes halogenated alkanes) is 1. The third-order valence-corrected chi connectivity index (χ3v) is 4.06. The fraction of sp³-hybridized carbons (Fsp3) is 0.381.